The van der Waals surface area contributed by atoms with Crippen molar-refractivity contribution < 1.29 is 17.9 Å². The summed E-state index contributed by atoms with van der Waals surface area (Å²) in [5.41, 5.74) is 2.74. The number of thiazole rings is 1. The molecule has 0 aliphatic carbocycles. The van der Waals surface area contributed by atoms with Gasteiger partial charge in [0, 0.05) is 24.4 Å². The molecule has 160 valence electrons. The normalized spacial score (nSPS) is 12.3. The Bertz CT molecular complexity index is 769. The van der Waals surface area contributed by atoms with Gasteiger partial charge in [-0.05, 0) is 31.9 Å². The van der Waals surface area contributed by atoms with E-state index < -0.39 is 12.8 Å². The smallest absolute Gasteiger partial charge is 0.367 e. The maximum atomic E-state index is 12.1. The van der Waals surface area contributed by atoms with E-state index in [1.807, 2.05) is 26.0 Å². The lowest BCUT2D eigenvalue weighted by atomic mass is 10.1. The minimum atomic E-state index is -4.30. The topological polar surface area (TPSA) is 58.5 Å². The third-order valence-corrected chi connectivity index (χ3v) is 5.16. The van der Waals surface area contributed by atoms with Crippen molar-refractivity contribution in [3.8, 4) is 0 Å². The van der Waals surface area contributed by atoms with E-state index in [0.717, 1.165) is 41.7 Å². The zero-order chi connectivity index (χ0) is 21.3. The van der Waals surface area contributed by atoms with Crippen molar-refractivity contribution in [1.82, 2.24) is 15.6 Å². The zero-order valence-electron chi connectivity index (χ0n) is 16.9. The molecular formula is C20H27F3N4OS. The largest absolute Gasteiger partial charge is 0.411 e. The molecule has 2 rings (SSSR count). The fraction of sp³-hybridized carbons (Fsp3) is 0.500. The number of aliphatic imine (C=N–C) groups is 1. The summed E-state index contributed by atoms with van der Waals surface area (Å²) < 4.78 is 41.0. The summed E-state index contributed by atoms with van der Waals surface area (Å²) in [6.45, 7) is 6.73. The second-order valence-electron chi connectivity index (χ2n) is 6.55. The molecule has 0 fully saturated rings. The van der Waals surface area contributed by atoms with Crippen molar-refractivity contribution in [1.29, 1.82) is 0 Å². The van der Waals surface area contributed by atoms with E-state index in [-0.39, 0.29) is 6.61 Å². The summed E-state index contributed by atoms with van der Waals surface area (Å²) in [6, 6.07) is 7.21. The summed E-state index contributed by atoms with van der Waals surface area (Å²) in [6.07, 6.45) is -3.47. The van der Waals surface area contributed by atoms with Gasteiger partial charge in [0.05, 0.1) is 23.9 Å². The number of alkyl halides is 3. The van der Waals surface area contributed by atoms with Gasteiger partial charge in [0.1, 0.15) is 6.61 Å². The van der Waals surface area contributed by atoms with E-state index in [1.54, 1.807) is 23.5 Å². The van der Waals surface area contributed by atoms with Gasteiger partial charge in [-0.15, -0.1) is 11.3 Å². The van der Waals surface area contributed by atoms with Crippen molar-refractivity contribution in [2.75, 3.05) is 19.7 Å². The van der Waals surface area contributed by atoms with Gasteiger partial charge in [0.2, 0.25) is 0 Å². The van der Waals surface area contributed by atoms with Gasteiger partial charge in [0.15, 0.2) is 5.96 Å². The highest BCUT2D eigenvalue weighted by molar-refractivity contribution is 7.11. The van der Waals surface area contributed by atoms with E-state index in [1.165, 1.54) is 4.88 Å². The summed E-state index contributed by atoms with van der Waals surface area (Å²) >= 11 is 1.71. The monoisotopic (exact) mass is 428 g/mol. The van der Waals surface area contributed by atoms with Crippen LogP contribution in [0.3, 0.4) is 0 Å². The molecular weight excluding hydrogens is 401 g/mol. The standard InChI is InChI=1S/C20H27F3N4OS/c1-4-24-19(25-10-9-18-27-14(2)15(3)29-18)26-11-16-5-7-17(8-6-16)12-28-13-20(21,22)23/h5-8H,4,9-13H2,1-3H3,(H2,24,25,26). The summed E-state index contributed by atoms with van der Waals surface area (Å²) in [5.74, 6) is 0.718. The van der Waals surface area contributed by atoms with Crippen molar-refractivity contribution in [2.24, 2.45) is 4.99 Å². The number of aryl methyl sites for hydroxylation is 2. The summed E-state index contributed by atoms with van der Waals surface area (Å²) in [7, 11) is 0. The van der Waals surface area contributed by atoms with E-state index in [2.05, 4.69) is 32.3 Å². The summed E-state index contributed by atoms with van der Waals surface area (Å²) in [5, 5.41) is 7.61. The van der Waals surface area contributed by atoms with E-state index >= 15 is 0 Å². The zero-order valence-corrected chi connectivity index (χ0v) is 17.7. The molecule has 0 saturated carbocycles. The molecule has 0 spiro atoms. The van der Waals surface area contributed by atoms with Gasteiger partial charge in [-0.3, -0.25) is 0 Å². The second-order valence-corrected chi connectivity index (χ2v) is 7.83. The molecule has 1 heterocycles. The first-order valence-corrected chi connectivity index (χ1v) is 10.3. The number of hydrogen-bond donors (Lipinski definition) is 2. The van der Waals surface area contributed by atoms with E-state index in [4.69, 9.17) is 0 Å². The molecule has 0 atom stereocenters. The third kappa shape index (κ3) is 8.82. The minimum absolute atomic E-state index is 0.0665. The number of nitrogens with one attached hydrogen (secondary N) is 2. The maximum absolute atomic E-state index is 12.1. The molecule has 9 heteroatoms. The Kier molecular flexibility index (Phi) is 8.91. The lowest BCUT2D eigenvalue weighted by Crippen LogP contribution is -2.38. The SMILES string of the molecule is CCNC(=NCc1ccc(COCC(F)(F)F)cc1)NCCc1nc(C)c(C)s1. The van der Waals surface area contributed by atoms with Crippen LogP contribution in [0.25, 0.3) is 0 Å². The van der Waals surface area contributed by atoms with Gasteiger partial charge in [0.25, 0.3) is 0 Å². The highest BCUT2D eigenvalue weighted by atomic mass is 32.1. The molecule has 5 nitrogen and oxygen atoms in total. The molecule has 1 aromatic heterocycles. The van der Waals surface area contributed by atoms with Crippen LogP contribution in [-0.2, 0) is 24.3 Å². The molecule has 2 N–H and O–H groups in total. The van der Waals surface area contributed by atoms with Gasteiger partial charge in [-0.25, -0.2) is 9.98 Å². The molecule has 0 radical (unpaired) electrons. The van der Waals surface area contributed by atoms with Crippen LogP contribution in [-0.4, -0.2) is 36.8 Å². The fourth-order valence-corrected chi connectivity index (χ4v) is 3.41. The molecule has 0 amide bonds. The number of hydrogen-bond acceptors (Lipinski definition) is 4. The minimum Gasteiger partial charge on any atom is -0.367 e. The van der Waals surface area contributed by atoms with Crippen molar-refractivity contribution in [3.63, 3.8) is 0 Å². The Hall–Kier alpha value is -2.13. The number of rotatable bonds is 9. The highest BCUT2D eigenvalue weighted by Crippen LogP contribution is 2.17. The molecule has 0 unspecified atom stereocenters. The lowest BCUT2D eigenvalue weighted by Gasteiger charge is -2.11. The van der Waals surface area contributed by atoms with Crippen LogP contribution in [0.15, 0.2) is 29.3 Å². The van der Waals surface area contributed by atoms with Gasteiger partial charge in [-0.2, -0.15) is 13.2 Å². The fourth-order valence-electron chi connectivity index (χ4n) is 2.47. The maximum Gasteiger partial charge on any atom is 0.411 e. The van der Waals surface area contributed by atoms with E-state index in [0.29, 0.717) is 12.1 Å². The quantitative estimate of drug-likeness (QED) is 0.466. The van der Waals surface area contributed by atoms with Crippen LogP contribution in [0.5, 0.6) is 0 Å². The predicted molar refractivity (Wildman–Crippen MR) is 110 cm³/mol. The van der Waals surface area contributed by atoms with Crippen molar-refractivity contribution in [3.05, 3.63) is 51.0 Å². The second kappa shape index (κ2) is 11.2. The molecule has 0 bridgehead atoms. The molecule has 0 aliphatic rings. The molecule has 0 saturated heterocycles. The summed E-state index contributed by atoms with van der Waals surface area (Å²) in [4.78, 5) is 10.3. The Morgan fingerprint density at radius 3 is 2.41 bits per heavy atom. The van der Waals surface area contributed by atoms with Crippen LogP contribution in [0.2, 0.25) is 0 Å². The van der Waals surface area contributed by atoms with Gasteiger partial charge >= 0.3 is 6.18 Å². The average Bonchev–Trinajstić information content (AvgIpc) is 2.97. The first-order valence-electron chi connectivity index (χ1n) is 9.44. The van der Waals surface area contributed by atoms with Crippen LogP contribution in [0.4, 0.5) is 13.2 Å². The Balaban J connectivity index is 1.82. The number of guanidine groups is 1. The Morgan fingerprint density at radius 1 is 1.14 bits per heavy atom. The molecule has 1 aromatic carbocycles. The highest BCUT2D eigenvalue weighted by Gasteiger charge is 2.27. The predicted octanol–water partition coefficient (Wildman–Crippen LogP) is 4.14. The van der Waals surface area contributed by atoms with Crippen LogP contribution in [0, 0.1) is 13.8 Å². The Labute approximate surface area is 173 Å². The molecule has 0 aliphatic heterocycles. The molecule has 29 heavy (non-hydrogen) atoms. The van der Waals surface area contributed by atoms with Gasteiger partial charge < -0.3 is 15.4 Å². The number of halogens is 3. The van der Waals surface area contributed by atoms with Crippen molar-refractivity contribution in [2.45, 2.75) is 46.5 Å². The average molecular weight is 429 g/mol. The van der Waals surface area contributed by atoms with Crippen LogP contribution in [0.1, 0.15) is 33.6 Å². The van der Waals surface area contributed by atoms with Gasteiger partial charge in [-0.1, -0.05) is 24.3 Å². The number of ether oxygens (including phenoxy) is 1. The van der Waals surface area contributed by atoms with Crippen LogP contribution < -0.4 is 10.6 Å². The first-order chi connectivity index (χ1) is 13.8. The molecule has 2 aromatic rings. The first kappa shape index (κ1) is 23.2. The van der Waals surface area contributed by atoms with Crippen LogP contribution >= 0.6 is 11.3 Å². The number of aromatic nitrogens is 1. The number of benzene rings is 1. The lowest BCUT2D eigenvalue weighted by molar-refractivity contribution is -0.176. The Morgan fingerprint density at radius 2 is 1.83 bits per heavy atom. The van der Waals surface area contributed by atoms with Crippen molar-refractivity contribution >= 4 is 17.3 Å². The third-order valence-electron chi connectivity index (χ3n) is 4.03. The number of nitrogens with zero attached hydrogens (tertiary/aromatic N) is 2. The van der Waals surface area contributed by atoms with E-state index in [9.17, 15) is 13.2 Å².